The van der Waals surface area contributed by atoms with Crippen molar-refractivity contribution in [3.63, 3.8) is 0 Å². The van der Waals surface area contributed by atoms with Crippen molar-refractivity contribution in [2.45, 2.75) is 12.8 Å². The predicted molar refractivity (Wildman–Crippen MR) is 94.3 cm³/mol. The molecule has 0 fully saturated rings. The van der Waals surface area contributed by atoms with E-state index in [4.69, 9.17) is 23.2 Å². The fraction of sp³-hybridized carbons (Fsp3) is 0.111. The van der Waals surface area contributed by atoms with Crippen LogP contribution >= 0.6 is 34.5 Å². The van der Waals surface area contributed by atoms with Crippen molar-refractivity contribution in [1.82, 2.24) is 0 Å². The number of halogens is 2. The summed E-state index contributed by atoms with van der Waals surface area (Å²) in [5.74, 6) is 0.0102. The maximum Gasteiger partial charge on any atom is 0.263 e. The van der Waals surface area contributed by atoms with Crippen LogP contribution in [0.1, 0.15) is 36.7 Å². The molecule has 0 radical (unpaired) electrons. The Hall–Kier alpha value is -1.68. The minimum absolute atomic E-state index is 0.0102. The minimum atomic E-state index is -0.567. The molecule has 114 valence electrons. The largest absolute Gasteiger partial charge is 0.289 e. The van der Waals surface area contributed by atoms with E-state index < -0.39 is 5.24 Å². The second-order valence-corrected chi connectivity index (χ2v) is 7.28. The van der Waals surface area contributed by atoms with Crippen LogP contribution in [0.25, 0.3) is 10.1 Å². The van der Waals surface area contributed by atoms with Gasteiger partial charge in [-0.1, -0.05) is 35.9 Å². The molecule has 0 aliphatic heterocycles. The third-order valence-electron chi connectivity index (χ3n) is 4.20. The third kappa shape index (κ3) is 2.31. The number of fused-ring (bicyclic) bond motifs is 3. The Bertz CT molecular complexity index is 988. The Morgan fingerprint density at radius 2 is 1.78 bits per heavy atom. The molecule has 23 heavy (non-hydrogen) atoms. The van der Waals surface area contributed by atoms with Gasteiger partial charge in [0, 0.05) is 21.2 Å². The highest BCUT2D eigenvalue weighted by Gasteiger charge is 2.24. The molecule has 2 nitrogen and oxygen atoms in total. The van der Waals surface area contributed by atoms with E-state index in [-0.39, 0.29) is 5.78 Å². The number of hydrogen-bond acceptors (Lipinski definition) is 3. The van der Waals surface area contributed by atoms with Gasteiger partial charge in [-0.05, 0) is 47.7 Å². The standard InChI is InChI=1S/C18H10Cl2O2S/c19-15-13-8-12-10(7-14(13)23-17(15)18(20)22)6-5-9-3-1-2-4-11(9)16(12)21/h1-4,7-8H,5-6H2. The number of carbonyl (C=O) groups is 2. The lowest BCUT2D eigenvalue weighted by atomic mass is 9.98. The zero-order valence-corrected chi connectivity index (χ0v) is 14.2. The highest BCUT2D eigenvalue weighted by molar-refractivity contribution is 7.23. The SMILES string of the molecule is O=C1c2ccccc2CCc2cc3sc(C(=O)Cl)c(Cl)c3cc21. The number of rotatable bonds is 1. The second kappa shape index (κ2) is 5.45. The van der Waals surface area contributed by atoms with Crippen LogP contribution in [-0.4, -0.2) is 11.0 Å². The average Bonchev–Trinajstić information content (AvgIpc) is 2.80. The first-order valence-corrected chi connectivity index (χ1v) is 8.71. The van der Waals surface area contributed by atoms with E-state index in [0.29, 0.717) is 20.8 Å². The summed E-state index contributed by atoms with van der Waals surface area (Å²) in [5, 5.41) is 0.480. The monoisotopic (exact) mass is 360 g/mol. The zero-order valence-electron chi connectivity index (χ0n) is 11.9. The number of ketones is 1. The highest BCUT2D eigenvalue weighted by atomic mass is 35.5. The Morgan fingerprint density at radius 1 is 1.04 bits per heavy atom. The molecule has 0 atom stereocenters. The first-order valence-electron chi connectivity index (χ1n) is 7.13. The highest BCUT2D eigenvalue weighted by Crippen LogP contribution is 2.39. The van der Waals surface area contributed by atoms with Crippen LogP contribution in [0.2, 0.25) is 5.02 Å². The maximum atomic E-state index is 12.9. The van der Waals surface area contributed by atoms with Crippen molar-refractivity contribution in [3.05, 3.63) is 68.6 Å². The van der Waals surface area contributed by atoms with Gasteiger partial charge in [0.1, 0.15) is 4.88 Å². The van der Waals surface area contributed by atoms with Crippen molar-refractivity contribution in [3.8, 4) is 0 Å². The van der Waals surface area contributed by atoms with E-state index in [9.17, 15) is 9.59 Å². The lowest BCUT2D eigenvalue weighted by Crippen LogP contribution is -2.03. The molecule has 3 aromatic rings. The zero-order chi connectivity index (χ0) is 16.1. The van der Waals surface area contributed by atoms with E-state index in [2.05, 4.69) is 0 Å². The molecular weight excluding hydrogens is 351 g/mol. The van der Waals surface area contributed by atoms with Gasteiger partial charge in [-0.3, -0.25) is 9.59 Å². The summed E-state index contributed by atoms with van der Waals surface area (Å²) in [4.78, 5) is 24.7. The van der Waals surface area contributed by atoms with Crippen molar-refractivity contribution in [2.75, 3.05) is 0 Å². The van der Waals surface area contributed by atoms with E-state index in [1.807, 2.05) is 30.3 Å². The van der Waals surface area contributed by atoms with E-state index in [0.717, 1.165) is 34.2 Å². The van der Waals surface area contributed by atoms with Gasteiger partial charge in [0.25, 0.3) is 5.24 Å². The lowest BCUT2D eigenvalue weighted by molar-refractivity contribution is 0.103. The molecule has 0 spiro atoms. The first-order chi connectivity index (χ1) is 11.1. The molecule has 1 heterocycles. The van der Waals surface area contributed by atoms with Crippen LogP contribution in [0.3, 0.4) is 0 Å². The van der Waals surface area contributed by atoms with Crippen LogP contribution in [0, 0.1) is 0 Å². The molecule has 4 rings (SSSR count). The van der Waals surface area contributed by atoms with E-state index in [1.54, 1.807) is 6.07 Å². The van der Waals surface area contributed by atoms with Gasteiger partial charge in [0.2, 0.25) is 0 Å². The van der Waals surface area contributed by atoms with Crippen LogP contribution < -0.4 is 0 Å². The van der Waals surface area contributed by atoms with Gasteiger partial charge in [-0.15, -0.1) is 11.3 Å². The molecule has 0 unspecified atom stereocenters. The topological polar surface area (TPSA) is 34.1 Å². The van der Waals surface area contributed by atoms with Crippen molar-refractivity contribution < 1.29 is 9.59 Å². The molecule has 1 aromatic heterocycles. The molecule has 0 saturated carbocycles. The second-order valence-electron chi connectivity index (χ2n) is 5.51. The summed E-state index contributed by atoms with van der Waals surface area (Å²) >= 11 is 13.1. The predicted octanol–water partition coefficient (Wildman–Crippen LogP) is 5.26. The summed E-state index contributed by atoms with van der Waals surface area (Å²) in [7, 11) is 0. The van der Waals surface area contributed by atoms with Crippen LogP contribution in [-0.2, 0) is 12.8 Å². The molecule has 1 aliphatic carbocycles. The lowest BCUT2D eigenvalue weighted by Gasteiger charge is -2.05. The summed E-state index contributed by atoms with van der Waals surface area (Å²) in [5.41, 5.74) is 3.46. The Balaban J connectivity index is 1.97. The molecular formula is C18H10Cl2O2S. The number of thiophene rings is 1. The Morgan fingerprint density at radius 3 is 2.57 bits per heavy atom. The van der Waals surface area contributed by atoms with Crippen LogP contribution in [0.4, 0.5) is 0 Å². The molecule has 0 N–H and O–H groups in total. The number of hydrogen-bond donors (Lipinski definition) is 0. The maximum absolute atomic E-state index is 12.9. The van der Waals surface area contributed by atoms with E-state index in [1.165, 1.54) is 11.3 Å². The molecule has 5 heteroatoms. The van der Waals surface area contributed by atoms with Crippen LogP contribution in [0.5, 0.6) is 0 Å². The van der Waals surface area contributed by atoms with Crippen molar-refractivity contribution >= 4 is 55.7 Å². The van der Waals surface area contributed by atoms with E-state index >= 15 is 0 Å². The average molecular weight is 361 g/mol. The molecule has 0 amide bonds. The van der Waals surface area contributed by atoms with Crippen molar-refractivity contribution in [2.24, 2.45) is 0 Å². The number of benzene rings is 2. The quantitative estimate of drug-likeness (QED) is 0.554. The summed E-state index contributed by atoms with van der Waals surface area (Å²) in [6.07, 6.45) is 1.61. The number of aryl methyl sites for hydroxylation is 2. The fourth-order valence-electron chi connectivity index (χ4n) is 3.07. The number of carbonyl (C=O) groups excluding carboxylic acids is 2. The van der Waals surface area contributed by atoms with Gasteiger partial charge in [0.15, 0.2) is 5.78 Å². The fourth-order valence-corrected chi connectivity index (χ4v) is 4.72. The first kappa shape index (κ1) is 14.9. The summed E-state index contributed by atoms with van der Waals surface area (Å²) in [6.45, 7) is 0. The van der Waals surface area contributed by atoms with Gasteiger partial charge in [-0.25, -0.2) is 0 Å². The van der Waals surface area contributed by atoms with Gasteiger partial charge in [-0.2, -0.15) is 0 Å². The van der Waals surface area contributed by atoms with Gasteiger partial charge < -0.3 is 0 Å². The molecule has 0 saturated heterocycles. The summed E-state index contributed by atoms with van der Waals surface area (Å²) < 4.78 is 0.886. The molecule has 0 bridgehead atoms. The third-order valence-corrected chi connectivity index (χ3v) is 6.16. The normalized spacial score (nSPS) is 13.6. The van der Waals surface area contributed by atoms with Crippen LogP contribution in [0.15, 0.2) is 36.4 Å². The molecule has 1 aliphatic rings. The molecule has 2 aromatic carbocycles. The smallest absolute Gasteiger partial charge is 0.263 e. The van der Waals surface area contributed by atoms with Crippen molar-refractivity contribution in [1.29, 1.82) is 0 Å². The summed E-state index contributed by atoms with van der Waals surface area (Å²) in [6, 6.07) is 11.5. The minimum Gasteiger partial charge on any atom is -0.289 e. The Labute approximate surface area is 146 Å². The van der Waals surface area contributed by atoms with Gasteiger partial charge >= 0.3 is 0 Å². The van der Waals surface area contributed by atoms with Gasteiger partial charge in [0.05, 0.1) is 5.02 Å². The Kier molecular flexibility index (Phi) is 3.52.